The largest absolute Gasteiger partial charge is 0.487 e. The Balaban J connectivity index is 1.62. The van der Waals surface area contributed by atoms with E-state index in [0.29, 0.717) is 18.7 Å². The molecule has 0 aliphatic rings. The van der Waals surface area contributed by atoms with Gasteiger partial charge in [-0.2, -0.15) is 0 Å². The topological polar surface area (TPSA) is 52.3 Å². The number of ether oxygens (including phenoxy) is 1. The zero-order valence-corrected chi connectivity index (χ0v) is 13.4. The van der Waals surface area contributed by atoms with E-state index in [1.54, 1.807) is 12.3 Å². The molecule has 0 saturated heterocycles. The quantitative estimate of drug-likeness (QED) is 0.623. The predicted molar refractivity (Wildman–Crippen MR) is 88.0 cm³/mol. The molecule has 1 aromatic carbocycles. The first kappa shape index (κ1) is 15.4. The van der Waals surface area contributed by atoms with Crippen LogP contribution in [-0.2, 0) is 6.61 Å². The normalized spacial score (nSPS) is 10.5. The molecule has 0 bridgehead atoms. The van der Waals surface area contributed by atoms with E-state index in [4.69, 9.17) is 9.15 Å². The number of hydrogen-bond acceptors (Lipinski definition) is 5. The maximum atomic E-state index is 10.8. The molecule has 2 aromatic heterocycles. The van der Waals surface area contributed by atoms with Crippen molar-refractivity contribution < 1.29 is 13.9 Å². The van der Waals surface area contributed by atoms with Crippen molar-refractivity contribution >= 4 is 18.0 Å². The van der Waals surface area contributed by atoms with Gasteiger partial charge in [-0.3, -0.25) is 9.78 Å². The van der Waals surface area contributed by atoms with Crippen LogP contribution in [0.5, 0.6) is 5.75 Å². The maximum Gasteiger partial charge on any atom is 0.186 e. The van der Waals surface area contributed by atoms with Gasteiger partial charge in [-0.25, -0.2) is 0 Å². The van der Waals surface area contributed by atoms with Crippen LogP contribution in [0.15, 0.2) is 69.1 Å². The maximum absolute atomic E-state index is 10.8. The Morgan fingerprint density at radius 3 is 2.78 bits per heavy atom. The zero-order valence-electron chi connectivity index (χ0n) is 12.6. The van der Waals surface area contributed by atoms with E-state index < -0.39 is 0 Å². The minimum absolute atomic E-state index is 0.348. The standard InChI is InChI=1S/C18H15NO3S/c1-13-6-8-19-14(10-13)12-22-15-2-4-16(5-3-15)23-18-7-9-21-17(18)11-20/h2-11H,12H2,1H3. The summed E-state index contributed by atoms with van der Waals surface area (Å²) in [7, 11) is 0. The fourth-order valence-electron chi connectivity index (χ4n) is 2.05. The van der Waals surface area contributed by atoms with Gasteiger partial charge in [0.2, 0.25) is 0 Å². The molecule has 0 atom stereocenters. The predicted octanol–water partition coefficient (Wildman–Crippen LogP) is 4.53. The lowest BCUT2D eigenvalue weighted by atomic mass is 10.2. The summed E-state index contributed by atoms with van der Waals surface area (Å²) in [6, 6.07) is 13.4. The smallest absolute Gasteiger partial charge is 0.186 e. The van der Waals surface area contributed by atoms with Crippen LogP contribution >= 0.6 is 11.8 Å². The summed E-state index contributed by atoms with van der Waals surface area (Å²) in [5.74, 6) is 1.13. The molecule has 3 aromatic rings. The van der Waals surface area contributed by atoms with Crippen molar-refractivity contribution in [3.05, 3.63) is 71.9 Å². The number of furan rings is 1. The summed E-state index contributed by atoms with van der Waals surface area (Å²) >= 11 is 1.48. The minimum Gasteiger partial charge on any atom is -0.487 e. The van der Waals surface area contributed by atoms with Crippen molar-refractivity contribution in [3.63, 3.8) is 0 Å². The third-order valence-corrected chi connectivity index (χ3v) is 4.24. The molecule has 3 rings (SSSR count). The van der Waals surface area contributed by atoms with E-state index >= 15 is 0 Å². The molecule has 5 heteroatoms. The second-order valence-electron chi connectivity index (χ2n) is 4.95. The third-order valence-electron chi connectivity index (χ3n) is 3.17. The molecule has 0 amide bonds. The van der Waals surface area contributed by atoms with Gasteiger partial charge in [-0.15, -0.1) is 0 Å². The molecule has 0 saturated carbocycles. The summed E-state index contributed by atoms with van der Waals surface area (Å²) < 4.78 is 10.8. The van der Waals surface area contributed by atoms with Crippen LogP contribution in [0.3, 0.4) is 0 Å². The van der Waals surface area contributed by atoms with E-state index in [0.717, 1.165) is 26.8 Å². The van der Waals surface area contributed by atoms with E-state index in [1.807, 2.05) is 43.3 Å². The molecule has 0 unspecified atom stereocenters. The summed E-state index contributed by atoms with van der Waals surface area (Å²) in [4.78, 5) is 16.9. The second-order valence-corrected chi connectivity index (χ2v) is 6.07. The number of rotatable bonds is 6. The Morgan fingerprint density at radius 2 is 2.04 bits per heavy atom. The number of aldehydes is 1. The number of aryl methyl sites for hydroxylation is 1. The highest BCUT2D eigenvalue weighted by Crippen LogP contribution is 2.31. The van der Waals surface area contributed by atoms with Crippen molar-refractivity contribution in [1.29, 1.82) is 0 Å². The average Bonchev–Trinajstić information content (AvgIpc) is 3.01. The number of pyridine rings is 1. The molecular weight excluding hydrogens is 310 g/mol. The third kappa shape index (κ3) is 4.02. The lowest BCUT2D eigenvalue weighted by molar-refractivity contribution is 0.109. The highest BCUT2D eigenvalue weighted by molar-refractivity contribution is 7.99. The van der Waals surface area contributed by atoms with Crippen LogP contribution in [-0.4, -0.2) is 11.3 Å². The van der Waals surface area contributed by atoms with Gasteiger partial charge in [0.1, 0.15) is 12.4 Å². The molecule has 2 heterocycles. The molecule has 0 radical (unpaired) electrons. The Kier molecular flexibility index (Phi) is 4.78. The molecule has 4 nitrogen and oxygen atoms in total. The highest BCUT2D eigenvalue weighted by atomic mass is 32.2. The van der Waals surface area contributed by atoms with Gasteiger partial charge in [0, 0.05) is 11.1 Å². The lowest BCUT2D eigenvalue weighted by Gasteiger charge is -2.07. The number of aromatic nitrogens is 1. The SMILES string of the molecule is Cc1ccnc(COc2ccc(Sc3ccoc3C=O)cc2)c1. The van der Waals surface area contributed by atoms with E-state index in [1.165, 1.54) is 18.0 Å². The van der Waals surface area contributed by atoms with Crippen molar-refractivity contribution in [2.75, 3.05) is 0 Å². The molecule has 0 aliphatic carbocycles. The average molecular weight is 325 g/mol. The van der Waals surface area contributed by atoms with Crippen LogP contribution in [0.2, 0.25) is 0 Å². The van der Waals surface area contributed by atoms with Gasteiger partial charge in [0.15, 0.2) is 12.0 Å². The molecule has 0 aliphatic heterocycles. The highest BCUT2D eigenvalue weighted by Gasteiger charge is 2.07. The Labute approximate surface area is 138 Å². The lowest BCUT2D eigenvalue weighted by Crippen LogP contribution is -1.98. The Morgan fingerprint density at radius 1 is 1.22 bits per heavy atom. The van der Waals surface area contributed by atoms with E-state index in [-0.39, 0.29) is 0 Å². The molecular formula is C18H15NO3S. The number of hydrogen-bond donors (Lipinski definition) is 0. The number of nitrogens with zero attached hydrogens (tertiary/aromatic N) is 1. The molecule has 23 heavy (non-hydrogen) atoms. The van der Waals surface area contributed by atoms with Crippen molar-refractivity contribution in [3.8, 4) is 5.75 Å². The number of carbonyl (C=O) groups excluding carboxylic acids is 1. The summed E-state index contributed by atoms with van der Waals surface area (Å²) in [6.07, 6.45) is 4.01. The zero-order chi connectivity index (χ0) is 16.1. The molecule has 116 valence electrons. The van der Waals surface area contributed by atoms with Crippen LogP contribution < -0.4 is 4.74 Å². The summed E-state index contributed by atoms with van der Waals surface area (Å²) in [6.45, 7) is 2.46. The van der Waals surface area contributed by atoms with Gasteiger partial charge in [-0.1, -0.05) is 11.8 Å². The number of benzene rings is 1. The van der Waals surface area contributed by atoms with Crippen molar-refractivity contribution in [2.45, 2.75) is 23.3 Å². The van der Waals surface area contributed by atoms with Crippen LogP contribution in [0.25, 0.3) is 0 Å². The van der Waals surface area contributed by atoms with Crippen LogP contribution in [0.1, 0.15) is 21.8 Å². The van der Waals surface area contributed by atoms with Crippen LogP contribution in [0.4, 0.5) is 0 Å². The number of carbonyl (C=O) groups is 1. The van der Waals surface area contributed by atoms with Gasteiger partial charge in [-0.05, 0) is 55.0 Å². The fraction of sp³-hybridized carbons (Fsp3) is 0.111. The monoisotopic (exact) mass is 325 g/mol. The minimum atomic E-state index is 0.348. The van der Waals surface area contributed by atoms with Gasteiger partial charge >= 0.3 is 0 Å². The Bertz CT molecular complexity index is 796. The summed E-state index contributed by atoms with van der Waals surface area (Å²) in [5, 5.41) is 0. The first-order valence-electron chi connectivity index (χ1n) is 7.09. The van der Waals surface area contributed by atoms with Crippen LogP contribution in [0, 0.1) is 6.92 Å². The molecule has 0 spiro atoms. The van der Waals surface area contributed by atoms with E-state index in [2.05, 4.69) is 4.98 Å². The second kappa shape index (κ2) is 7.15. The van der Waals surface area contributed by atoms with Gasteiger partial charge in [0.25, 0.3) is 0 Å². The van der Waals surface area contributed by atoms with Crippen molar-refractivity contribution in [1.82, 2.24) is 4.98 Å². The molecule has 0 N–H and O–H groups in total. The summed E-state index contributed by atoms with van der Waals surface area (Å²) in [5.41, 5.74) is 2.06. The first-order chi connectivity index (χ1) is 11.2. The first-order valence-corrected chi connectivity index (χ1v) is 7.91. The van der Waals surface area contributed by atoms with E-state index in [9.17, 15) is 4.79 Å². The van der Waals surface area contributed by atoms with Crippen molar-refractivity contribution in [2.24, 2.45) is 0 Å². The molecule has 0 fully saturated rings. The Hall–Kier alpha value is -2.53. The van der Waals surface area contributed by atoms with Gasteiger partial charge < -0.3 is 9.15 Å². The fourth-order valence-corrected chi connectivity index (χ4v) is 2.89. The van der Waals surface area contributed by atoms with Gasteiger partial charge in [0.05, 0.1) is 16.9 Å².